The van der Waals surface area contributed by atoms with E-state index in [4.69, 9.17) is 5.73 Å². The first-order valence-electron chi connectivity index (χ1n) is 7.33. The number of nitrogens with zero attached hydrogens (tertiary/aromatic N) is 2. The zero-order chi connectivity index (χ0) is 16.0. The van der Waals surface area contributed by atoms with Crippen molar-refractivity contribution in [2.45, 2.75) is 6.42 Å². The molecule has 0 atom stereocenters. The van der Waals surface area contributed by atoms with Gasteiger partial charge >= 0.3 is 0 Å². The highest BCUT2D eigenvalue weighted by Gasteiger charge is 2.33. The Labute approximate surface area is 132 Å². The first kappa shape index (κ1) is 13.7. The van der Waals surface area contributed by atoms with E-state index in [1.807, 2.05) is 0 Å². The van der Waals surface area contributed by atoms with Crippen molar-refractivity contribution in [3.63, 3.8) is 0 Å². The molecule has 1 aromatic carbocycles. The summed E-state index contributed by atoms with van der Waals surface area (Å²) in [7, 11) is 0. The van der Waals surface area contributed by atoms with Gasteiger partial charge in [-0.25, -0.2) is 10.7 Å². The number of rotatable bonds is 2. The summed E-state index contributed by atoms with van der Waals surface area (Å²) in [6, 6.07) is 3.27. The zero-order valence-electron chi connectivity index (χ0n) is 12.2. The molecule has 115 valence electrons. The molecule has 7 nitrogen and oxygen atoms in total. The summed E-state index contributed by atoms with van der Waals surface area (Å²) in [5.74, 6) is -1.09. The third-order valence-corrected chi connectivity index (χ3v) is 4.16. The van der Waals surface area contributed by atoms with Gasteiger partial charge in [0, 0.05) is 17.7 Å². The maximum absolute atomic E-state index is 12.3. The van der Waals surface area contributed by atoms with Gasteiger partial charge in [0.05, 0.1) is 28.7 Å². The van der Waals surface area contributed by atoms with Gasteiger partial charge in [-0.1, -0.05) is 6.08 Å². The highest BCUT2D eigenvalue weighted by atomic mass is 16.2. The molecule has 1 radical (unpaired) electrons. The van der Waals surface area contributed by atoms with Crippen molar-refractivity contribution in [3.05, 3.63) is 46.2 Å². The minimum atomic E-state index is -0.645. The van der Waals surface area contributed by atoms with Crippen molar-refractivity contribution in [3.8, 4) is 0 Å². The molecule has 0 saturated carbocycles. The lowest BCUT2D eigenvalue weighted by Crippen LogP contribution is -2.23. The topological polar surface area (TPSA) is 111 Å². The molecule has 2 amide bonds. The normalized spacial score (nSPS) is 18.8. The average Bonchev–Trinajstić information content (AvgIpc) is 2.84. The molecule has 0 aromatic heterocycles. The molecular weight excluding hydrogens is 294 g/mol. The van der Waals surface area contributed by atoms with E-state index in [1.54, 1.807) is 18.3 Å². The minimum Gasteiger partial charge on any atom is -0.366 e. The van der Waals surface area contributed by atoms with E-state index in [9.17, 15) is 9.59 Å². The highest BCUT2D eigenvalue weighted by Crippen LogP contribution is 2.41. The van der Waals surface area contributed by atoms with Crippen molar-refractivity contribution in [2.24, 2.45) is 10.8 Å². The maximum atomic E-state index is 12.3. The highest BCUT2D eigenvalue weighted by molar-refractivity contribution is 6.23. The Bertz CT molecular complexity index is 835. The number of primary amides is 1. The molecule has 0 fully saturated rings. The van der Waals surface area contributed by atoms with E-state index in [-0.39, 0.29) is 11.1 Å². The summed E-state index contributed by atoms with van der Waals surface area (Å²) in [5.41, 5.74) is 12.2. The van der Waals surface area contributed by atoms with Crippen LogP contribution in [-0.2, 0) is 0 Å². The van der Waals surface area contributed by atoms with Crippen LogP contribution in [0.1, 0.15) is 32.7 Å². The maximum Gasteiger partial charge on any atom is 0.272 e. The van der Waals surface area contributed by atoms with Crippen molar-refractivity contribution in [2.75, 3.05) is 13.1 Å². The lowest BCUT2D eigenvalue weighted by Gasteiger charge is -2.15. The van der Waals surface area contributed by atoms with Crippen molar-refractivity contribution in [1.29, 1.82) is 0 Å². The number of benzene rings is 1. The summed E-state index contributed by atoms with van der Waals surface area (Å²) >= 11 is 0. The first-order chi connectivity index (χ1) is 11.2. The molecule has 0 aliphatic carbocycles. The quantitative estimate of drug-likeness (QED) is 0.735. The Hall–Kier alpha value is -2.93. The van der Waals surface area contributed by atoms with Gasteiger partial charge < -0.3 is 11.1 Å². The number of amides is 2. The molecule has 4 N–H and O–H groups in total. The van der Waals surface area contributed by atoms with Crippen LogP contribution >= 0.6 is 0 Å². The van der Waals surface area contributed by atoms with Gasteiger partial charge in [0.2, 0.25) is 5.91 Å². The van der Waals surface area contributed by atoms with Gasteiger partial charge in [-0.15, -0.1) is 0 Å². The van der Waals surface area contributed by atoms with Crippen LogP contribution in [0.5, 0.6) is 0 Å². The smallest absolute Gasteiger partial charge is 0.272 e. The number of hydrazone groups is 1. The Morgan fingerprint density at radius 2 is 2.13 bits per heavy atom. The van der Waals surface area contributed by atoms with Crippen LogP contribution in [0.3, 0.4) is 0 Å². The van der Waals surface area contributed by atoms with Crippen LogP contribution in [0.25, 0.3) is 5.57 Å². The number of nitrogens with one attached hydrogen (secondary N) is 2. The molecule has 4 rings (SSSR count). The first-order valence-corrected chi connectivity index (χ1v) is 7.33. The average molecular weight is 308 g/mol. The SMILES string of the molecule is NC(=O)c1ccc2c3c1C(=O)NN=CC3=C(C1=CCNCC1)[N]2. The molecule has 0 spiro atoms. The van der Waals surface area contributed by atoms with Crippen LogP contribution < -0.4 is 21.8 Å². The summed E-state index contributed by atoms with van der Waals surface area (Å²) in [4.78, 5) is 24.0. The summed E-state index contributed by atoms with van der Waals surface area (Å²) in [6.07, 6.45) is 4.53. The fraction of sp³-hybridized carbons (Fsp3) is 0.188. The Morgan fingerprint density at radius 3 is 2.87 bits per heavy atom. The van der Waals surface area contributed by atoms with Crippen molar-refractivity contribution >= 4 is 29.3 Å². The number of hydrogen-bond acceptors (Lipinski definition) is 4. The molecule has 23 heavy (non-hydrogen) atoms. The van der Waals surface area contributed by atoms with E-state index in [0.717, 1.165) is 36.4 Å². The molecule has 7 heteroatoms. The summed E-state index contributed by atoms with van der Waals surface area (Å²) in [6.45, 7) is 1.66. The number of nitrogens with two attached hydrogens (primary N) is 1. The molecule has 3 aliphatic rings. The summed E-state index contributed by atoms with van der Waals surface area (Å²) < 4.78 is 0. The fourth-order valence-corrected chi connectivity index (χ4v) is 3.12. The van der Waals surface area contributed by atoms with E-state index >= 15 is 0 Å². The standard InChI is InChI=1S/C16H14N5O2/c17-15(22)9-1-2-11-12-10(7-19-21-16(23)13(9)12)14(20-11)8-3-5-18-6-4-8/h1-3,7,18H,4-6H2,(H2,17,22)(H,21,23). The second-order valence-corrected chi connectivity index (χ2v) is 5.50. The second-order valence-electron chi connectivity index (χ2n) is 5.50. The van der Waals surface area contributed by atoms with Gasteiger partial charge in [0.15, 0.2) is 0 Å². The van der Waals surface area contributed by atoms with E-state index in [1.165, 1.54) is 0 Å². The van der Waals surface area contributed by atoms with Crippen molar-refractivity contribution in [1.82, 2.24) is 16.1 Å². The molecule has 0 bridgehead atoms. The van der Waals surface area contributed by atoms with E-state index in [0.29, 0.717) is 11.3 Å². The fourth-order valence-electron chi connectivity index (χ4n) is 3.12. The molecular formula is C16H14N5O2. The lowest BCUT2D eigenvalue weighted by atomic mass is 9.93. The molecule has 0 saturated heterocycles. The Balaban J connectivity index is 1.97. The second kappa shape index (κ2) is 5.06. The van der Waals surface area contributed by atoms with Gasteiger partial charge in [0.25, 0.3) is 5.91 Å². The minimum absolute atomic E-state index is 0.181. The van der Waals surface area contributed by atoms with Crippen LogP contribution in [0.4, 0.5) is 5.69 Å². The van der Waals surface area contributed by atoms with E-state index < -0.39 is 11.8 Å². The van der Waals surface area contributed by atoms with Crippen LogP contribution in [0.15, 0.2) is 34.6 Å². The number of hydrogen-bond donors (Lipinski definition) is 3. The van der Waals surface area contributed by atoms with Crippen LogP contribution in [-0.4, -0.2) is 31.1 Å². The number of carbonyl (C=O) groups excluding carboxylic acids is 2. The third-order valence-electron chi connectivity index (χ3n) is 4.16. The van der Waals surface area contributed by atoms with Crippen LogP contribution in [0.2, 0.25) is 0 Å². The van der Waals surface area contributed by atoms with Crippen molar-refractivity contribution < 1.29 is 9.59 Å². The number of allylic oxidation sites excluding steroid dienone is 2. The number of carbonyl (C=O) groups is 2. The largest absolute Gasteiger partial charge is 0.366 e. The van der Waals surface area contributed by atoms with Gasteiger partial charge in [-0.05, 0) is 30.7 Å². The zero-order valence-corrected chi connectivity index (χ0v) is 12.2. The molecule has 3 heterocycles. The molecule has 0 unspecified atom stereocenters. The molecule has 3 aliphatic heterocycles. The predicted molar refractivity (Wildman–Crippen MR) is 85.2 cm³/mol. The van der Waals surface area contributed by atoms with Gasteiger partial charge in [-0.2, -0.15) is 5.10 Å². The third kappa shape index (κ3) is 2.05. The van der Waals surface area contributed by atoms with Gasteiger partial charge in [-0.3, -0.25) is 9.59 Å². The van der Waals surface area contributed by atoms with E-state index in [2.05, 4.69) is 27.2 Å². The monoisotopic (exact) mass is 308 g/mol. The Kier molecular flexibility index (Phi) is 3.02. The molecule has 1 aromatic rings. The van der Waals surface area contributed by atoms with Crippen LogP contribution in [0, 0.1) is 0 Å². The Morgan fingerprint density at radius 1 is 1.26 bits per heavy atom. The lowest BCUT2D eigenvalue weighted by molar-refractivity contribution is 0.0937. The van der Waals surface area contributed by atoms with Gasteiger partial charge in [0.1, 0.15) is 0 Å². The summed E-state index contributed by atoms with van der Waals surface area (Å²) in [5, 5.41) is 11.9. The predicted octanol–water partition coefficient (Wildman–Crippen LogP) is 0.395.